The van der Waals surface area contributed by atoms with Gasteiger partial charge in [-0.25, -0.2) is 0 Å². The lowest BCUT2D eigenvalue weighted by Crippen LogP contribution is -2.49. The van der Waals surface area contributed by atoms with Crippen molar-refractivity contribution in [3.8, 4) is 0 Å². The van der Waals surface area contributed by atoms with Crippen LogP contribution in [0.3, 0.4) is 0 Å². The molecule has 1 heterocycles. The second-order valence-electron chi connectivity index (χ2n) is 6.81. The van der Waals surface area contributed by atoms with Crippen LogP contribution in [-0.2, 0) is 13.6 Å². The summed E-state index contributed by atoms with van der Waals surface area (Å²) >= 11 is 0. The molecule has 0 aromatic carbocycles. The van der Waals surface area contributed by atoms with Crippen LogP contribution in [0.2, 0.25) is 0 Å². The Bertz CT molecular complexity index is 474. The molecule has 1 aromatic rings. The van der Waals surface area contributed by atoms with E-state index in [1.807, 2.05) is 7.05 Å². The molecule has 0 atom stereocenters. The van der Waals surface area contributed by atoms with E-state index >= 15 is 0 Å². The average molecular weight is 293 g/mol. The average Bonchev–Trinajstić information content (AvgIpc) is 2.84. The van der Waals surface area contributed by atoms with E-state index < -0.39 is 0 Å². The van der Waals surface area contributed by atoms with Gasteiger partial charge in [-0.05, 0) is 25.7 Å². The van der Waals surface area contributed by atoms with Gasteiger partial charge >= 0.3 is 0 Å². The van der Waals surface area contributed by atoms with Gasteiger partial charge in [-0.2, -0.15) is 0 Å². The first-order valence-corrected chi connectivity index (χ1v) is 8.13. The van der Waals surface area contributed by atoms with Gasteiger partial charge in [-0.1, -0.05) is 19.3 Å². The molecule has 0 radical (unpaired) electrons. The summed E-state index contributed by atoms with van der Waals surface area (Å²) in [5, 5.41) is 21.9. The third-order valence-corrected chi connectivity index (χ3v) is 5.27. The molecule has 4 N–H and O–H groups in total. The van der Waals surface area contributed by atoms with E-state index in [0.29, 0.717) is 18.5 Å². The molecule has 0 bridgehead atoms. The number of aliphatic hydroxyl groups excluding tert-OH is 1. The second-order valence-corrected chi connectivity index (χ2v) is 6.81. The van der Waals surface area contributed by atoms with Crippen molar-refractivity contribution in [1.29, 1.82) is 0 Å². The van der Waals surface area contributed by atoms with Gasteiger partial charge in [0.1, 0.15) is 11.6 Å². The van der Waals surface area contributed by atoms with Gasteiger partial charge in [0, 0.05) is 24.5 Å². The molecule has 2 aliphatic rings. The third kappa shape index (κ3) is 2.98. The minimum atomic E-state index is -0.122. The quantitative estimate of drug-likeness (QED) is 0.747. The fourth-order valence-electron chi connectivity index (χ4n) is 3.64. The third-order valence-electron chi connectivity index (χ3n) is 5.27. The van der Waals surface area contributed by atoms with Gasteiger partial charge in [0.2, 0.25) is 0 Å². The van der Waals surface area contributed by atoms with Crippen LogP contribution in [0.5, 0.6) is 0 Å². The Labute approximate surface area is 126 Å². The largest absolute Gasteiger partial charge is 0.394 e. The molecule has 2 aliphatic carbocycles. The lowest BCUT2D eigenvalue weighted by atomic mass is 9.80. The van der Waals surface area contributed by atoms with Crippen molar-refractivity contribution >= 4 is 0 Å². The minimum absolute atomic E-state index is 0.122. The zero-order valence-corrected chi connectivity index (χ0v) is 12.9. The summed E-state index contributed by atoms with van der Waals surface area (Å²) in [6.45, 7) is 0.873. The maximum Gasteiger partial charge on any atom is 0.146 e. The Morgan fingerprint density at radius 1 is 1.29 bits per heavy atom. The predicted octanol–water partition coefficient (Wildman–Crippen LogP) is 0.805. The normalized spacial score (nSPS) is 28.3. The predicted molar refractivity (Wildman–Crippen MR) is 80.7 cm³/mol. The number of nitrogens with two attached hydrogens (primary N) is 1. The fraction of sp³-hybridized carbons (Fsp3) is 0.867. The second kappa shape index (κ2) is 6.02. The Morgan fingerprint density at radius 2 is 2.00 bits per heavy atom. The first kappa shape index (κ1) is 14.9. The molecule has 6 nitrogen and oxygen atoms in total. The SMILES string of the molecule is Cn1c(CNC2(CO)CCCCC2)nnc1C1CC(N)C1. The number of aromatic nitrogens is 3. The zero-order chi connectivity index (χ0) is 14.9. The number of nitrogens with one attached hydrogen (secondary N) is 1. The van der Waals surface area contributed by atoms with E-state index in [1.165, 1.54) is 19.3 Å². The molecule has 0 amide bonds. The number of hydrogen-bond donors (Lipinski definition) is 3. The van der Waals surface area contributed by atoms with Crippen molar-refractivity contribution in [1.82, 2.24) is 20.1 Å². The fourth-order valence-corrected chi connectivity index (χ4v) is 3.64. The van der Waals surface area contributed by atoms with E-state index in [2.05, 4.69) is 20.1 Å². The lowest BCUT2D eigenvalue weighted by molar-refractivity contribution is 0.118. The first-order chi connectivity index (χ1) is 10.1. The molecular formula is C15H27N5O. The standard InChI is InChI=1S/C15H27N5O/c1-20-13(18-19-14(20)11-7-12(16)8-11)9-17-15(10-21)5-3-2-4-6-15/h11-12,17,21H,2-10,16H2,1H3. The van der Waals surface area contributed by atoms with Crippen molar-refractivity contribution in [2.75, 3.05) is 6.61 Å². The summed E-state index contributed by atoms with van der Waals surface area (Å²) in [6, 6.07) is 0.327. The Balaban J connectivity index is 1.62. The highest BCUT2D eigenvalue weighted by molar-refractivity contribution is 5.08. The molecule has 2 fully saturated rings. The highest BCUT2D eigenvalue weighted by Crippen LogP contribution is 2.34. The zero-order valence-electron chi connectivity index (χ0n) is 12.9. The molecule has 1 aromatic heterocycles. The molecule has 0 spiro atoms. The summed E-state index contributed by atoms with van der Waals surface area (Å²) in [5.41, 5.74) is 5.74. The van der Waals surface area contributed by atoms with Crippen LogP contribution in [0, 0.1) is 0 Å². The van der Waals surface area contributed by atoms with E-state index in [4.69, 9.17) is 5.73 Å². The number of rotatable bonds is 5. The van der Waals surface area contributed by atoms with Crippen molar-refractivity contribution in [3.05, 3.63) is 11.6 Å². The van der Waals surface area contributed by atoms with Crippen LogP contribution >= 0.6 is 0 Å². The van der Waals surface area contributed by atoms with Gasteiger partial charge in [-0.3, -0.25) is 0 Å². The highest BCUT2D eigenvalue weighted by Gasteiger charge is 2.33. The van der Waals surface area contributed by atoms with Gasteiger partial charge < -0.3 is 20.7 Å². The number of nitrogens with zero attached hydrogens (tertiary/aromatic N) is 3. The Morgan fingerprint density at radius 3 is 2.62 bits per heavy atom. The van der Waals surface area contributed by atoms with Gasteiger partial charge in [0.15, 0.2) is 0 Å². The van der Waals surface area contributed by atoms with Crippen molar-refractivity contribution < 1.29 is 5.11 Å². The molecule has 21 heavy (non-hydrogen) atoms. The lowest BCUT2D eigenvalue weighted by Gasteiger charge is -2.36. The van der Waals surface area contributed by atoms with Gasteiger partial charge in [0.25, 0.3) is 0 Å². The van der Waals surface area contributed by atoms with Crippen LogP contribution in [-0.4, -0.2) is 38.1 Å². The molecule has 0 unspecified atom stereocenters. The van der Waals surface area contributed by atoms with Gasteiger partial charge in [0.05, 0.1) is 13.2 Å². The molecule has 3 rings (SSSR count). The smallest absolute Gasteiger partial charge is 0.146 e. The van der Waals surface area contributed by atoms with Crippen LogP contribution in [0.25, 0.3) is 0 Å². The molecule has 6 heteroatoms. The monoisotopic (exact) mass is 293 g/mol. The van der Waals surface area contributed by atoms with Crippen molar-refractivity contribution in [2.45, 2.75) is 69.0 Å². The Kier molecular flexibility index (Phi) is 4.28. The molecule has 0 aliphatic heterocycles. The van der Waals surface area contributed by atoms with Crippen LogP contribution in [0.15, 0.2) is 0 Å². The van der Waals surface area contributed by atoms with E-state index in [-0.39, 0.29) is 12.1 Å². The summed E-state index contributed by atoms with van der Waals surface area (Å²) in [6.07, 6.45) is 7.78. The maximum absolute atomic E-state index is 9.74. The summed E-state index contributed by atoms with van der Waals surface area (Å²) in [4.78, 5) is 0. The first-order valence-electron chi connectivity index (χ1n) is 8.13. The minimum Gasteiger partial charge on any atom is -0.394 e. The van der Waals surface area contributed by atoms with Crippen LogP contribution in [0.1, 0.15) is 62.5 Å². The number of aliphatic hydroxyl groups is 1. The molecule has 2 saturated carbocycles. The topological polar surface area (TPSA) is 89.0 Å². The van der Waals surface area contributed by atoms with Crippen molar-refractivity contribution in [2.24, 2.45) is 12.8 Å². The van der Waals surface area contributed by atoms with Crippen LogP contribution in [0.4, 0.5) is 0 Å². The van der Waals surface area contributed by atoms with E-state index in [0.717, 1.165) is 37.3 Å². The highest BCUT2D eigenvalue weighted by atomic mass is 16.3. The maximum atomic E-state index is 9.74. The molecule has 118 valence electrons. The summed E-state index contributed by atoms with van der Waals surface area (Å²) in [7, 11) is 2.03. The molecule has 0 saturated heterocycles. The van der Waals surface area contributed by atoms with Crippen molar-refractivity contribution in [3.63, 3.8) is 0 Å². The van der Waals surface area contributed by atoms with E-state index in [9.17, 15) is 5.11 Å². The summed E-state index contributed by atoms with van der Waals surface area (Å²) < 4.78 is 2.09. The van der Waals surface area contributed by atoms with Gasteiger partial charge in [-0.15, -0.1) is 10.2 Å². The van der Waals surface area contributed by atoms with Crippen LogP contribution < -0.4 is 11.1 Å². The number of hydrogen-bond acceptors (Lipinski definition) is 5. The molecular weight excluding hydrogens is 266 g/mol. The Hall–Kier alpha value is -0.980. The summed E-state index contributed by atoms with van der Waals surface area (Å²) in [5.74, 6) is 2.46. The van der Waals surface area contributed by atoms with E-state index in [1.54, 1.807) is 0 Å².